The molecule has 4 aromatic rings. The fraction of sp³-hybridized carbons (Fsp3) is 0.111. The lowest BCUT2D eigenvalue weighted by molar-refractivity contribution is -0.660. The van der Waals surface area contributed by atoms with Crippen LogP contribution in [0.2, 0.25) is 0 Å². The molecular weight excluding hydrogens is 279 g/mol. The topological polar surface area (TPSA) is 29.9 Å². The monoisotopic (exact) mass is 293 g/mol. The van der Waals surface area contributed by atoms with Crippen molar-refractivity contribution in [1.29, 1.82) is 0 Å². The minimum Gasteiger partial charge on any atom is -0.437 e. The van der Waals surface area contributed by atoms with Gasteiger partial charge in [0, 0.05) is 22.9 Å². The average Bonchev–Trinajstić information content (AvgIpc) is 2.85. The summed E-state index contributed by atoms with van der Waals surface area (Å²) in [7, 11) is 1.99. The number of rotatable bonds is 1. The highest BCUT2D eigenvalue weighted by Crippen LogP contribution is 2.35. The quantitative estimate of drug-likeness (QED) is 0.393. The Morgan fingerprint density at radius 3 is 2.68 bits per heavy atom. The summed E-state index contributed by atoms with van der Waals surface area (Å²) in [6.45, 7) is 2.04. The smallest absolute Gasteiger partial charge is 0.229 e. The lowest BCUT2D eigenvalue weighted by Gasteiger charge is -2.04. The van der Waals surface area contributed by atoms with Crippen molar-refractivity contribution < 1.29 is 13.4 Å². The number of furan rings is 1. The van der Waals surface area contributed by atoms with Crippen LogP contribution in [0.5, 0.6) is 0 Å². The minimum atomic E-state index is -0.532. The van der Waals surface area contributed by atoms with Crippen LogP contribution in [0.4, 0.5) is 4.39 Å². The number of pyridine rings is 2. The summed E-state index contributed by atoms with van der Waals surface area (Å²) in [6, 6.07) is 13.2. The second kappa shape index (κ2) is 4.63. The third-order valence-corrected chi connectivity index (χ3v) is 3.99. The Bertz CT molecular complexity index is 1020. The molecule has 0 unspecified atom stereocenters. The summed E-state index contributed by atoms with van der Waals surface area (Å²) in [4.78, 5) is 3.86. The van der Waals surface area contributed by atoms with E-state index in [1.54, 1.807) is 6.07 Å². The van der Waals surface area contributed by atoms with E-state index in [1.165, 1.54) is 6.07 Å². The first kappa shape index (κ1) is 13.0. The average molecular weight is 293 g/mol. The molecule has 0 saturated heterocycles. The molecule has 0 bridgehead atoms. The molecule has 0 atom stereocenters. The molecule has 3 aromatic heterocycles. The van der Waals surface area contributed by atoms with E-state index in [-0.39, 0.29) is 0 Å². The third kappa shape index (κ3) is 1.80. The van der Waals surface area contributed by atoms with Gasteiger partial charge >= 0.3 is 0 Å². The number of fused-ring (bicyclic) bond motifs is 3. The molecule has 0 N–H and O–H groups in total. The first-order chi connectivity index (χ1) is 10.6. The Labute approximate surface area is 126 Å². The van der Waals surface area contributed by atoms with Crippen molar-refractivity contribution >= 4 is 22.1 Å². The minimum absolute atomic E-state index is 0.334. The summed E-state index contributed by atoms with van der Waals surface area (Å²) in [5.74, 6) is -0.532. The van der Waals surface area contributed by atoms with E-state index in [0.29, 0.717) is 5.71 Å². The van der Waals surface area contributed by atoms with Crippen molar-refractivity contribution in [3.63, 3.8) is 0 Å². The van der Waals surface area contributed by atoms with Crippen molar-refractivity contribution in [3.05, 3.63) is 60.2 Å². The van der Waals surface area contributed by atoms with Crippen LogP contribution in [-0.2, 0) is 7.05 Å². The van der Waals surface area contributed by atoms with E-state index < -0.39 is 5.95 Å². The largest absolute Gasteiger partial charge is 0.437 e. The highest BCUT2D eigenvalue weighted by Gasteiger charge is 2.20. The van der Waals surface area contributed by atoms with Crippen LogP contribution in [-0.4, -0.2) is 4.98 Å². The van der Waals surface area contributed by atoms with Gasteiger partial charge < -0.3 is 4.42 Å². The first-order valence-corrected chi connectivity index (χ1v) is 7.08. The van der Waals surface area contributed by atoms with Crippen molar-refractivity contribution in [2.24, 2.45) is 7.05 Å². The number of hydrogen-bond acceptors (Lipinski definition) is 2. The van der Waals surface area contributed by atoms with Crippen LogP contribution in [0, 0.1) is 12.9 Å². The fourth-order valence-electron chi connectivity index (χ4n) is 2.90. The number of nitrogens with zero attached hydrogens (tertiary/aromatic N) is 2. The Morgan fingerprint density at radius 1 is 1.05 bits per heavy atom. The summed E-state index contributed by atoms with van der Waals surface area (Å²) >= 11 is 0. The van der Waals surface area contributed by atoms with Crippen LogP contribution in [0.3, 0.4) is 0 Å². The van der Waals surface area contributed by atoms with Gasteiger partial charge in [-0.1, -0.05) is 12.1 Å². The van der Waals surface area contributed by atoms with Crippen molar-refractivity contribution in [1.82, 2.24) is 4.98 Å². The molecule has 0 aliphatic rings. The molecule has 22 heavy (non-hydrogen) atoms. The molecule has 0 saturated carbocycles. The zero-order valence-corrected chi connectivity index (χ0v) is 12.3. The fourth-order valence-corrected chi connectivity index (χ4v) is 2.90. The summed E-state index contributed by atoms with van der Waals surface area (Å²) in [5.41, 5.74) is 4.24. The molecule has 0 spiro atoms. The molecule has 3 heterocycles. The van der Waals surface area contributed by atoms with Crippen LogP contribution < -0.4 is 4.57 Å². The summed E-state index contributed by atoms with van der Waals surface area (Å²) in [5, 5.41) is 1.78. The Hall–Kier alpha value is -2.75. The highest BCUT2D eigenvalue weighted by atomic mass is 19.1. The maximum atomic E-state index is 13.4. The van der Waals surface area contributed by atoms with Gasteiger partial charge in [-0.25, -0.2) is 4.57 Å². The summed E-state index contributed by atoms with van der Waals surface area (Å²) < 4.78 is 21.3. The SMILES string of the molecule is Cc1ccc2c(oc3nc(F)ccc32)c1-c1cccc[n+]1C. The van der Waals surface area contributed by atoms with Gasteiger partial charge in [0.05, 0.1) is 5.56 Å². The lowest BCUT2D eigenvalue weighted by atomic mass is 10.0. The Kier molecular flexibility index (Phi) is 2.73. The second-order valence-electron chi connectivity index (χ2n) is 5.42. The van der Waals surface area contributed by atoms with Gasteiger partial charge in [0.2, 0.25) is 17.4 Å². The summed E-state index contributed by atoms with van der Waals surface area (Å²) in [6.07, 6.45) is 1.99. The van der Waals surface area contributed by atoms with Crippen LogP contribution >= 0.6 is 0 Å². The molecular formula is C18H14FN2O+. The van der Waals surface area contributed by atoms with Crippen LogP contribution in [0.15, 0.2) is 53.1 Å². The van der Waals surface area contributed by atoms with Crippen molar-refractivity contribution in [2.75, 3.05) is 0 Å². The highest BCUT2D eigenvalue weighted by molar-refractivity contribution is 6.08. The maximum absolute atomic E-state index is 13.4. The number of benzene rings is 1. The standard InChI is InChI=1S/C18H14FN2O/c1-11-6-7-12-13-8-9-15(19)20-18(13)22-17(12)16(11)14-5-3-4-10-21(14)2/h3-10H,1-2H3/q+1. The lowest BCUT2D eigenvalue weighted by Crippen LogP contribution is -2.30. The van der Waals surface area contributed by atoms with Crippen molar-refractivity contribution in [2.45, 2.75) is 6.92 Å². The van der Waals surface area contributed by atoms with Gasteiger partial charge in [0.25, 0.3) is 0 Å². The van der Waals surface area contributed by atoms with E-state index >= 15 is 0 Å². The van der Waals surface area contributed by atoms with Gasteiger partial charge in [-0.3, -0.25) is 0 Å². The number of hydrogen-bond donors (Lipinski definition) is 0. The zero-order valence-electron chi connectivity index (χ0n) is 12.3. The normalized spacial score (nSPS) is 11.4. The van der Waals surface area contributed by atoms with Gasteiger partial charge in [-0.2, -0.15) is 9.37 Å². The van der Waals surface area contributed by atoms with E-state index in [0.717, 1.165) is 33.2 Å². The van der Waals surface area contributed by atoms with Crippen molar-refractivity contribution in [3.8, 4) is 11.3 Å². The molecule has 4 heteroatoms. The molecule has 4 rings (SSSR count). The van der Waals surface area contributed by atoms with Gasteiger partial charge in [0.1, 0.15) is 7.05 Å². The van der Waals surface area contributed by atoms with E-state index in [1.807, 2.05) is 49.0 Å². The Balaban J connectivity index is 2.16. The first-order valence-electron chi connectivity index (χ1n) is 7.08. The molecule has 0 fully saturated rings. The Morgan fingerprint density at radius 2 is 1.86 bits per heavy atom. The molecule has 0 radical (unpaired) electrons. The van der Waals surface area contributed by atoms with E-state index in [2.05, 4.69) is 11.1 Å². The van der Waals surface area contributed by atoms with E-state index in [4.69, 9.17) is 4.42 Å². The predicted molar refractivity (Wildman–Crippen MR) is 82.8 cm³/mol. The molecule has 0 aliphatic heterocycles. The van der Waals surface area contributed by atoms with Crippen LogP contribution in [0.25, 0.3) is 33.3 Å². The van der Waals surface area contributed by atoms with Gasteiger partial charge in [0.15, 0.2) is 11.8 Å². The maximum Gasteiger partial charge on any atom is 0.229 e. The number of aromatic nitrogens is 2. The molecule has 3 nitrogen and oxygen atoms in total. The molecule has 0 amide bonds. The van der Waals surface area contributed by atoms with Gasteiger partial charge in [-0.05, 0) is 30.7 Å². The molecule has 108 valence electrons. The van der Waals surface area contributed by atoms with E-state index in [9.17, 15) is 4.39 Å². The molecule has 0 aliphatic carbocycles. The molecule has 1 aromatic carbocycles. The number of halogens is 1. The van der Waals surface area contributed by atoms with Crippen LogP contribution in [0.1, 0.15) is 5.56 Å². The third-order valence-electron chi connectivity index (χ3n) is 3.99. The second-order valence-corrected chi connectivity index (χ2v) is 5.42. The number of aryl methyl sites for hydroxylation is 2. The van der Waals surface area contributed by atoms with Gasteiger partial charge in [-0.15, -0.1) is 0 Å². The predicted octanol–water partition coefficient (Wildman–Crippen LogP) is 3.92. The zero-order chi connectivity index (χ0) is 15.3.